The topological polar surface area (TPSA) is 86.4 Å². The average molecular weight is 439 g/mol. The van der Waals surface area contributed by atoms with Crippen LogP contribution in [0.2, 0.25) is 0 Å². The highest BCUT2D eigenvalue weighted by Gasteiger charge is 2.23. The first-order chi connectivity index (χ1) is 16.3. The number of pyridine rings is 1. The number of anilines is 6. The van der Waals surface area contributed by atoms with Crippen molar-refractivity contribution < 1.29 is 0 Å². The molecule has 0 unspecified atom stereocenters. The van der Waals surface area contributed by atoms with Crippen molar-refractivity contribution >= 4 is 34.5 Å². The molecule has 0 saturated carbocycles. The van der Waals surface area contributed by atoms with Gasteiger partial charge in [0.2, 0.25) is 0 Å². The fraction of sp³-hybridized carbons (Fsp3) is 0.160. The summed E-state index contributed by atoms with van der Waals surface area (Å²) in [6, 6.07) is 26.1. The van der Waals surface area contributed by atoms with Crippen LogP contribution in [0.15, 0.2) is 91.4 Å². The minimum atomic E-state index is 0.528. The fourth-order valence-electron chi connectivity index (χ4n) is 3.95. The third kappa shape index (κ3) is 4.50. The fourth-order valence-corrected chi connectivity index (χ4v) is 3.95. The standard InChI is InChI=1S/C25H26N8/c26-23-24(30-33(20-9-3-1-4-10-20)21-11-5-2-6-12-21)28-19-29-25(23)32-17-15-31(16-18-32)22-13-7-8-14-27-22/h1-14,19H,15-18,26H2,(H,28,29,30). The van der Waals surface area contributed by atoms with E-state index in [4.69, 9.17) is 5.73 Å². The van der Waals surface area contributed by atoms with Gasteiger partial charge in [-0.05, 0) is 36.4 Å². The first-order valence-electron chi connectivity index (χ1n) is 11.0. The highest BCUT2D eigenvalue weighted by Crippen LogP contribution is 2.31. The molecule has 0 spiro atoms. The van der Waals surface area contributed by atoms with Gasteiger partial charge in [-0.15, -0.1) is 0 Å². The highest BCUT2D eigenvalue weighted by atomic mass is 15.5. The van der Waals surface area contributed by atoms with Gasteiger partial charge in [0.1, 0.15) is 17.8 Å². The zero-order valence-corrected chi connectivity index (χ0v) is 18.2. The lowest BCUT2D eigenvalue weighted by molar-refractivity contribution is 0.642. The van der Waals surface area contributed by atoms with Crippen LogP contribution < -0.4 is 26.0 Å². The van der Waals surface area contributed by atoms with Gasteiger partial charge < -0.3 is 15.5 Å². The molecule has 3 N–H and O–H groups in total. The van der Waals surface area contributed by atoms with E-state index in [2.05, 4.69) is 30.2 Å². The van der Waals surface area contributed by atoms with Crippen LogP contribution in [-0.2, 0) is 0 Å². The summed E-state index contributed by atoms with van der Waals surface area (Å²) in [7, 11) is 0. The van der Waals surface area contributed by atoms with Crippen LogP contribution in [0.5, 0.6) is 0 Å². The van der Waals surface area contributed by atoms with Crippen LogP contribution in [0.1, 0.15) is 0 Å². The van der Waals surface area contributed by atoms with E-state index < -0.39 is 0 Å². The molecule has 0 radical (unpaired) electrons. The second-order valence-corrected chi connectivity index (χ2v) is 7.74. The van der Waals surface area contributed by atoms with Gasteiger partial charge in [0.25, 0.3) is 0 Å². The summed E-state index contributed by atoms with van der Waals surface area (Å²) in [5.41, 5.74) is 12.5. The number of nitrogens with two attached hydrogens (primary N) is 1. The van der Waals surface area contributed by atoms with Crippen LogP contribution in [0, 0.1) is 0 Å². The second kappa shape index (κ2) is 9.44. The van der Waals surface area contributed by atoms with E-state index in [-0.39, 0.29) is 0 Å². The largest absolute Gasteiger partial charge is 0.393 e. The van der Waals surface area contributed by atoms with Gasteiger partial charge in [0.15, 0.2) is 11.6 Å². The van der Waals surface area contributed by atoms with Crippen molar-refractivity contribution in [1.29, 1.82) is 0 Å². The van der Waals surface area contributed by atoms with E-state index >= 15 is 0 Å². The number of nitrogen functional groups attached to an aromatic ring is 1. The molecular formula is C25H26N8. The van der Waals surface area contributed by atoms with Crippen molar-refractivity contribution in [3.8, 4) is 0 Å². The summed E-state index contributed by atoms with van der Waals surface area (Å²) in [6.07, 6.45) is 3.39. The molecule has 33 heavy (non-hydrogen) atoms. The monoisotopic (exact) mass is 438 g/mol. The van der Waals surface area contributed by atoms with Crippen LogP contribution >= 0.6 is 0 Å². The maximum absolute atomic E-state index is 6.58. The smallest absolute Gasteiger partial charge is 0.173 e. The molecule has 0 bridgehead atoms. The van der Waals surface area contributed by atoms with E-state index in [0.717, 1.165) is 49.2 Å². The Bertz CT molecular complexity index is 1120. The number of hydrogen-bond acceptors (Lipinski definition) is 8. The van der Waals surface area contributed by atoms with Crippen molar-refractivity contribution in [3.05, 3.63) is 91.4 Å². The number of hydrogen-bond donors (Lipinski definition) is 2. The normalized spacial score (nSPS) is 13.6. The summed E-state index contributed by atoms with van der Waals surface area (Å²) in [4.78, 5) is 17.9. The zero-order valence-electron chi connectivity index (χ0n) is 18.2. The molecule has 8 heteroatoms. The molecule has 2 aromatic carbocycles. The zero-order chi connectivity index (χ0) is 22.5. The molecule has 166 valence electrons. The Labute approximate surface area is 193 Å². The molecule has 1 saturated heterocycles. The SMILES string of the molecule is Nc1c(NN(c2ccccc2)c2ccccc2)ncnc1N1CCN(c2ccccn2)CC1. The number of benzene rings is 2. The summed E-state index contributed by atoms with van der Waals surface area (Å²) in [6.45, 7) is 3.31. The molecule has 5 rings (SSSR count). The van der Waals surface area contributed by atoms with Gasteiger partial charge in [-0.1, -0.05) is 42.5 Å². The van der Waals surface area contributed by atoms with E-state index in [1.807, 2.05) is 90.1 Å². The lowest BCUT2D eigenvalue weighted by Crippen LogP contribution is -2.47. The average Bonchev–Trinajstić information content (AvgIpc) is 2.90. The van der Waals surface area contributed by atoms with Crippen LogP contribution in [0.4, 0.5) is 34.5 Å². The van der Waals surface area contributed by atoms with Gasteiger partial charge in [0, 0.05) is 32.4 Å². The molecule has 2 aromatic heterocycles. The molecule has 1 aliphatic rings. The van der Waals surface area contributed by atoms with Crippen LogP contribution in [0.3, 0.4) is 0 Å². The van der Waals surface area contributed by atoms with Gasteiger partial charge >= 0.3 is 0 Å². The van der Waals surface area contributed by atoms with E-state index in [1.165, 1.54) is 0 Å². The summed E-state index contributed by atoms with van der Waals surface area (Å²) >= 11 is 0. The third-order valence-electron chi connectivity index (χ3n) is 5.66. The lowest BCUT2D eigenvalue weighted by atomic mass is 10.2. The second-order valence-electron chi connectivity index (χ2n) is 7.74. The third-order valence-corrected chi connectivity index (χ3v) is 5.66. The molecular weight excluding hydrogens is 412 g/mol. The quantitative estimate of drug-likeness (QED) is 0.438. The molecule has 4 aromatic rings. The predicted molar refractivity (Wildman–Crippen MR) is 134 cm³/mol. The van der Waals surface area contributed by atoms with E-state index in [9.17, 15) is 0 Å². The summed E-state index contributed by atoms with van der Waals surface area (Å²) in [5.74, 6) is 2.31. The minimum Gasteiger partial charge on any atom is -0.393 e. The van der Waals surface area contributed by atoms with Crippen molar-refractivity contribution in [2.24, 2.45) is 0 Å². The Hall–Kier alpha value is -4.33. The number of nitrogens with zero attached hydrogens (tertiary/aromatic N) is 6. The number of nitrogens with one attached hydrogen (secondary N) is 1. The van der Waals surface area contributed by atoms with Crippen molar-refractivity contribution in [2.75, 3.05) is 52.1 Å². The molecule has 1 aliphatic heterocycles. The lowest BCUT2D eigenvalue weighted by Gasteiger charge is -2.36. The molecule has 0 aliphatic carbocycles. The van der Waals surface area contributed by atoms with Crippen molar-refractivity contribution in [3.63, 3.8) is 0 Å². The molecule has 1 fully saturated rings. The summed E-state index contributed by atoms with van der Waals surface area (Å²) < 4.78 is 0. The van der Waals surface area contributed by atoms with Crippen LogP contribution in [0.25, 0.3) is 0 Å². The van der Waals surface area contributed by atoms with E-state index in [1.54, 1.807) is 6.33 Å². The van der Waals surface area contributed by atoms with Gasteiger partial charge in [-0.3, -0.25) is 10.4 Å². The number of aromatic nitrogens is 3. The Morgan fingerprint density at radius 2 is 1.30 bits per heavy atom. The van der Waals surface area contributed by atoms with Gasteiger partial charge in [-0.25, -0.2) is 15.0 Å². The number of piperazine rings is 1. The first-order valence-corrected chi connectivity index (χ1v) is 11.0. The molecule has 0 amide bonds. The first kappa shape index (κ1) is 20.6. The Balaban J connectivity index is 1.37. The maximum Gasteiger partial charge on any atom is 0.173 e. The summed E-state index contributed by atoms with van der Waals surface area (Å²) in [5, 5.41) is 1.97. The number of para-hydroxylation sites is 2. The minimum absolute atomic E-state index is 0.528. The molecule has 8 nitrogen and oxygen atoms in total. The molecule has 0 atom stereocenters. The predicted octanol–water partition coefficient (Wildman–Crippen LogP) is 3.95. The van der Waals surface area contributed by atoms with Gasteiger partial charge in [-0.2, -0.15) is 0 Å². The number of rotatable bonds is 6. The Morgan fingerprint density at radius 3 is 1.91 bits per heavy atom. The highest BCUT2D eigenvalue weighted by molar-refractivity contribution is 5.78. The Morgan fingerprint density at radius 1 is 0.697 bits per heavy atom. The Kier molecular flexibility index (Phi) is 5.88. The maximum atomic E-state index is 6.58. The molecule has 3 heterocycles. The van der Waals surface area contributed by atoms with Crippen molar-refractivity contribution in [1.82, 2.24) is 15.0 Å². The van der Waals surface area contributed by atoms with E-state index in [0.29, 0.717) is 11.5 Å². The van der Waals surface area contributed by atoms with Crippen molar-refractivity contribution in [2.45, 2.75) is 0 Å². The number of hydrazine groups is 1. The van der Waals surface area contributed by atoms with Crippen LogP contribution in [-0.4, -0.2) is 41.1 Å². The van der Waals surface area contributed by atoms with Gasteiger partial charge in [0.05, 0.1) is 11.4 Å².